The highest BCUT2D eigenvalue weighted by atomic mass is 35.5. The van der Waals surface area contributed by atoms with Crippen molar-refractivity contribution >= 4 is 11.6 Å². The maximum Gasteiger partial charge on any atom is 0.0811 e. The number of nitrogens with one attached hydrogen (secondary N) is 1. The van der Waals surface area contributed by atoms with Gasteiger partial charge in [-0.25, -0.2) is 0 Å². The van der Waals surface area contributed by atoms with Gasteiger partial charge in [0.2, 0.25) is 0 Å². The predicted molar refractivity (Wildman–Crippen MR) is 89.8 cm³/mol. The Labute approximate surface area is 134 Å². The summed E-state index contributed by atoms with van der Waals surface area (Å²) in [6.45, 7) is 8.14. The highest BCUT2D eigenvalue weighted by molar-refractivity contribution is 6.31. The van der Waals surface area contributed by atoms with Crippen LogP contribution < -0.4 is 5.32 Å². The van der Waals surface area contributed by atoms with E-state index in [0.29, 0.717) is 6.61 Å². The Morgan fingerprint density at radius 3 is 2.43 bits per heavy atom. The second kappa shape index (κ2) is 7.13. The number of hydrogen-bond acceptors (Lipinski definition) is 2. The Bertz CT molecular complexity index is 447. The number of rotatable bonds is 5. The van der Waals surface area contributed by atoms with Crippen molar-refractivity contribution in [3.63, 3.8) is 0 Å². The fourth-order valence-corrected chi connectivity index (χ4v) is 3.03. The average molecular weight is 310 g/mol. The van der Waals surface area contributed by atoms with Gasteiger partial charge in [0, 0.05) is 17.1 Å². The zero-order valence-electron chi connectivity index (χ0n) is 13.5. The summed E-state index contributed by atoms with van der Waals surface area (Å²) in [6, 6.07) is 7.96. The highest BCUT2D eigenvalue weighted by Crippen LogP contribution is 2.33. The standard InChI is InChI=1S/C18H28ClNO/c1-17(2,3)20-14-18(11-7-4-8-12-18)21-13-15-9-5-6-10-16(15)19/h5-6,9-10,20H,4,7-8,11-14H2,1-3H3. The van der Waals surface area contributed by atoms with Crippen LogP contribution in [0.1, 0.15) is 58.4 Å². The molecule has 0 bridgehead atoms. The molecule has 1 aliphatic carbocycles. The first kappa shape index (κ1) is 16.8. The second-order valence-electron chi connectivity index (χ2n) is 7.23. The SMILES string of the molecule is CC(C)(C)NCC1(OCc2ccccc2Cl)CCCCC1. The van der Waals surface area contributed by atoms with E-state index in [-0.39, 0.29) is 11.1 Å². The molecule has 0 radical (unpaired) electrons. The van der Waals surface area contributed by atoms with Gasteiger partial charge in [0.05, 0.1) is 12.2 Å². The summed E-state index contributed by atoms with van der Waals surface area (Å²) >= 11 is 6.24. The van der Waals surface area contributed by atoms with Gasteiger partial charge in [0.15, 0.2) is 0 Å². The van der Waals surface area contributed by atoms with Crippen LogP contribution in [0.25, 0.3) is 0 Å². The number of ether oxygens (including phenoxy) is 1. The second-order valence-corrected chi connectivity index (χ2v) is 7.63. The fourth-order valence-electron chi connectivity index (χ4n) is 2.84. The lowest BCUT2D eigenvalue weighted by Gasteiger charge is -2.39. The predicted octanol–water partition coefficient (Wildman–Crippen LogP) is 4.95. The van der Waals surface area contributed by atoms with Crippen LogP contribution in [0.5, 0.6) is 0 Å². The van der Waals surface area contributed by atoms with E-state index in [1.165, 1.54) is 19.3 Å². The van der Waals surface area contributed by atoms with Gasteiger partial charge in [-0.1, -0.05) is 49.1 Å². The quantitative estimate of drug-likeness (QED) is 0.831. The van der Waals surface area contributed by atoms with Gasteiger partial charge in [0.1, 0.15) is 0 Å². The van der Waals surface area contributed by atoms with E-state index >= 15 is 0 Å². The summed E-state index contributed by atoms with van der Waals surface area (Å²) in [7, 11) is 0. The molecule has 2 rings (SSSR count). The third kappa shape index (κ3) is 5.28. The average Bonchev–Trinajstić information content (AvgIpc) is 2.45. The molecular weight excluding hydrogens is 282 g/mol. The van der Waals surface area contributed by atoms with E-state index in [4.69, 9.17) is 16.3 Å². The molecule has 1 aromatic carbocycles. The Morgan fingerprint density at radius 2 is 1.81 bits per heavy atom. The molecule has 0 amide bonds. The van der Waals surface area contributed by atoms with Crippen molar-refractivity contribution < 1.29 is 4.74 Å². The van der Waals surface area contributed by atoms with Gasteiger partial charge in [-0.05, 0) is 45.2 Å². The number of hydrogen-bond donors (Lipinski definition) is 1. The Morgan fingerprint density at radius 1 is 1.14 bits per heavy atom. The zero-order chi connectivity index (χ0) is 15.3. The van der Waals surface area contributed by atoms with Crippen molar-refractivity contribution in [2.24, 2.45) is 0 Å². The molecule has 1 fully saturated rings. The maximum atomic E-state index is 6.39. The summed E-state index contributed by atoms with van der Waals surface area (Å²) in [5.74, 6) is 0. The van der Waals surface area contributed by atoms with Crippen molar-refractivity contribution in [2.45, 2.75) is 70.6 Å². The van der Waals surface area contributed by atoms with Crippen LogP contribution >= 0.6 is 11.6 Å². The summed E-state index contributed by atoms with van der Waals surface area (Å²) < 4.78 is 6.39. The van der Waals surface area contributed by atoms with Crippen LogP contribution in [0.4, 0.5) is 0 Å². The topological polar surface area (TPSA) is 21.3 Å². The van der Waals surface area contributed by atoms with Crippen molar-refractivity contribution in [3.05, 3.63) is 34.9 Å². The minimum absolute atomic E-state index is 0.0370. The Balaban J connectivity index is 2.01. The van der Waals surface area contributed by atoms with Gasteiger partial charge in [-0.15, -0.1) is 0 Å². The minimum Gasteiger partial charge on any atom is -0.369 e. The molecule has 3 heteroatoms. The lowest BCUT2D eigenvalue weighted by Crippen LogP contribution is -2.50. The molecule has 0 saturated heterocycles. The lowest BCUT2D eigenvalue weighted by molar-refractivity contribution is -0.0812. The molecule has 1 aliphatic rings. The lowest BCUT2D eigenvalue weighted by atomic mass is 9.84. The summed E-state index contributed by atoms with van der Waals surface area (Å²) in [6.07, 6.45) is 6.12. The molecule has 1 aromatic rings. The van der Waals surface area contributed by atoms with E-state index in [0.717, 1.165) is 30.0 Å². The van der Waals surface area contributed by atoms with Crippen LogP contribution in [-0.2, 0) is 11.3 Å². The van der Waals surface area contributed by atoms with E-state index in [1.807, 2.05) is 18.2 Å². The van der Waals surface area contributed by atoms with E-state index in [9.17, 15) is 0 Å². The maximum absolute atomic E-state index is 6.39. The smallest absolute Gasteiger partial charge is 0.0811 e. The largest absolute Gasteiger partial charge is 0.369 e. The number of halogens is 1. The zero-order valence-corrected chi connectivity index (χ0v) is 14.3. The normalized spacial score (nSPS) is 18.7. The minimum atomic E-state index is -0.0370. The molecule has 0 spiro atoms. The summed E-state index contributed by atoms with van der Waals surface area (Å²) in [4.78, 5) is 0. The van der Waals surface area contributed by atoms with Crippen LogP contribution in [0, 0.1) is 0 Å². The molecular formula is C18H28ClNO. The van der Waals surface area contributed by atoms with Crippen LogP contribution in [0.2, 0.25) is 5.02 Å². The van der Waals surface area contributed by atoms with E-state index in [2.05, 4.69) is 32.2 Å². The van der Waals surface area contributed by atoms with E-state index < -0.39 is 0 Å². The van der Waals surface area contributed by atoms with Crippen LogP contribution in [0.15, 0.2) is 24.3 Å². The summed E-state index contributed by atoms with van der Waals surface area (Å²) in [5, 5.41) is 4.42. The monoisotopic (exact) mass is 309 g/mol. The molecule has 0 heterocycles. The number of benzene rings is 1. The van der Waals surface area contributed by atoms with Gasteiger partial charge < -0.3 is 10.1 Å². The molecule has 2 nitrogen and oxygen atoms in total. The van der Waals surface area contributed by atoms with Crippen LogP contribution in [-0.4, -0.2) is 17.7 Å². The van der Waals surface area contributed by atoms with Crippen molar-refractivity contribution in [1.82, 2.24) is 5.32 Å². The first-order valence-electron chi connectivity index (χ1n) is 8.03. The molecule has 1 N–H and O–H groups in total. The van der Waals surface area contributed by atoms with Gasteiger partial charge in [-0.3, -0.25) is 0 Å². The highest BCUT2D eigenvalue weighted by Gasteiger charge is 2.34. The fraction of sp³-hybridized carbons (Fsp3) is 0.667. The first-order valence-corrected chi connectivity index (χ1v) is 8.40. The van der Waals surface area contributed by atoms with Gasteiger partial charge in [-0.2, -0.15) is 0 Å². The van der Waals surface area contributed by atoms with Crippen molar-refractivity contribution in [3.8, 4) is 0 Å². The third-order valence-corrected chi connectivity index (χ3v) is 4.57. The Hall–Kier alpha value is -0.570. The summed E-state index contributed by atoms with van der Waals surface area (Å²) in [5.41, 5.74) is 1.17. The van der Waals surface area contributed by atoms with Gasteiger partial charge in [0.25, 0.3) is 0 Å². The molecule has 1 saturated carbocycles. The molecule has 21 heavy (non-hydrogen) atoms. The molecule has 0 atom stereocenters. The molecule has 118 valence electrons. The first-order chi connectivity index (χ1) is 9.90. The Kier molecular flexibility index (Phi) is 5.70. The van der Waals surface area contributed by atoms with E-state index in [1.54, 1.807) is 0 Å². The van der Waals surface area contributed by atoms with Crippen molar-refractivity contribution in [1.29, 1.82) is 0 Å². The van der Waals surface area contributed by atoms with Crippen molar-refractivity contribution in [2.75, 3.05) is 6.54 Å². The molecule has 0 aliphatic heterocycles. The van der Waals surface area contributed by atoms with Gasteiger partial charge >= 0.3 is 0 Å². The molecule has 0 aromatic heterocycles. The third-order valence-electron chi connectivity index (χ3n) is 4.20. The van der Waals surface area contributed by atoms with Crippen LogP contribution in [0.3, 0.4) is 0 Å². The molecule has 0 unspecified atom stereocenters.